The van der Waals surface area contributed by atoms with Crippen molar-refractivity contribution >= 4 is 5.97 Å². The fraction of sp³-hybridized carbons (Fsp3) is 0.250. The zero-order valence-corrected chi connectivity index (χ0v) is 10.0. The molecule has 100 valence electrons. The Bertz CT molecular complexity index is 585. The van der Waals surface area contributed by atoms with Gasteiger partial charge in [-0.2, -0.15) is 0 Å². The molecule has 0 aliphatic rings. The predicted molar refractivity (Wildman–Crippen MR) is 64.8 cm³/mol. The van der Waals surface area contributed by atoms with Crippen molar-refractivity contribution in [2.45, 2.75) is 19.0 Å². The second-order valence-electron chi connectivity index (χ2n) is 4.15. The highest BCUT2D eigenvalue weighted by Crippen LogP contribution is 2.08. The van der Waals surface area contributed by atoms with Gasteiger partial charge in [0.1, 0.15) is 11.9 Å². The molecule has 0 radical (unpaired) electrons. The number of hydrogen-bond acceptors (Lipinski definition) is 4. The predicted octanol–water partition coefficient (Wildman–Crippen LogP) is 0.420. The summed E-state index contributed by atoms with van der Waals surface area (Å²) in [6, 6.07) is 5.35. The first kappa shape index (κ1) is 13.2. The van der Waals surface area contributed by atoms with E-state index in [0.29, 0.717) is 11.3 Å². The van der Waals surface area contributed by atoms with Crippen LogP contribution in [0.4, 0.5) is 4.39 Å². The number of aliphatic carboxylic acids is 1. The van der Waals surface area contributed by atoms with Gasteiger partial charge in [0, 0.05) is 18.2 Å². The molecule has 0 saturated carbocycles. The van der Waals surface area contributed by atoms with Gasteiger partial charge in [0.15, 0.2) is 0 Å². The van der Waals surface area contributed by atoms with Crippen molar-refractivity contribution in [2.24, 2.45) is 5.73 Å². The maximum absolute atomic E-state index is 13.4. The van der Waals surface area contributed by atoms with Gasteiger partial charge in [-0.1, -0.05) is 23.4 Å². The van der Waals surface area contributed by atoms with Crippen LogP contribution >= 0.6 is 0 Å². The second kappa shape index (κ2) is 5.57. The number of nitrogens with zero attached hydrogens (tertiary/aromatic N) is 3. The SMILES string of the molecule is NC(Cc1cn(Cc2ccccc2F)nn1)C(=O)O. The zero-order chi connectivity index (χ0) is 13.8. The van der Waals surface area contributed by atoms with Gasteiger partial charge in [-0.3, -0.25) is 4.79 Å². The molecule has 0 bridgehead atoms. The molecule has 1 heterocycles. The van der Waals surface area contributed by atoms with Gasteiger partial charge in [-0.25, -0.2) is 9.07 Å². The molecular formula is C12H13FN4O2. The average molecular weight is 264 g/mol. The smallest absolute Gasteiger partial charge is 0.320 e. The lowest BCUT2D eigenvalue weighted by Crippen LogP contribution is -2.32. The summed E-state index contributed by atoms with van der Waals surface area (Å²) in [7, 11) is 0. The Hall–Kier alpha value is -2.28. The fourth-order valence-electron chi connectivity index (χ4n) is 1.62. The van der Waals surface area contributed by atoms with Crippen LogP contribution in [0.25, 0.3) is 0 Å². The van der Waals surface area contributed by atoms with Gasteiger partial charge < -0.3 is 10.8 Å². The molecule has 0 amide bonds. The summed E-state index contributed by atoms with van der Waals surface area (Å²) in [5, 5.41) is 16.3. The summed E-state index contributed by atoms with van der Waals surface area (Å²) < 4.78 is 14.9. The second-order valence-corrected chi connectivity index (χ2v) is 4.15. The number of nitrogens with two attached hydrogens (primary N) is 1. The molecule has 1 unspecified atom stereocenters. The largest absolute Gasteiger partial charge is 0.480 e. The van der Waals surface area contributed by atoms with E-state index in [4.69, 9.17) is 10.8 Å². The standard InChI is InChI=1S/C12H13FN4O2/c13-10-4-2-1-3-8(10)6-17-7-9(15-16-17)5-11(14)12(18)19/h1-4,7,11H,5-6,14H2,(H,18,19). The van der Waals surface area contributed by atoms with Crippen molar-refractivity contribution in [3.63, 3.8) is 0 Å². The molecule has 0 aliphatic carbocycles. The van der Waals surface area contributed by atoms with Crippen LogP contribution in [0, 0.1) is 5.82 Å². The Kier molecular flexibility index (Phi) is 3.86. The van der Waals surface area contributed by atoms with Gasteiger partial charge >= 0.3 is 5.97 Å². The van der Waals surface area contributed by atoms with E-state index in [9.17, 15) is 9.18 Å². The molecule has 0 spiro atoms. The number of carboxylic acid groups (broad SMARTS) is 1. The maximum Gasteiger partial charge on any atom is 0.320 e. The quantitative estimate of drug-likeness (QED) is 0.816. The van der Waals surface area contributed by atoms with Crippen LogP contribution in [0.5, 0.6) is 0 Å². The minimum atomic E-state index is -1.09. The summed E-state index contributed by atoms with van der Waals surface area (Å²) in [5.74, 6) is -1.41. The molecule has 6 nitrogen and oxygen atoms in total. The van der Waals surface area contributed by atoms with Crippen LogP contribution in [0.15, 0.2) is 30.5 Å². The number of carbonyl (C=O) groups is 1. The molecule has 0 fully saturated rings. The number of carboxylic acids is 1. The third-order valence-corrected chi connectivity index (χ3v) is 2.62. The van der Waals surface area contributed by atoms with Crippen molar-refractivity contribution in [2.75, 3.05) is 0 Å². The average Bonchev–Trinajstić information content (AvgIpc) is 2.79. The van der Waals surface area contributed by atoms with E-state index >= 15 is 0 Å². The lowest BCUT2D eigenvalue weighted by Gasteiger charge is -2.02. The van der Waals surface area contributed by atoms with Crippen LogP contribution in [0.3, 0.4) is 0 Å². The van der Waals surface area contributed by atoms with Gasteiger partial charge in [0.2, 0.25) is 0 Å². The molecule has 3 N–H and O–H groups in total. The number of benzene rings is 1. The maximum atomic E-state index is 13.4. The number of rotatable bonds is 5. The van der Waals surface area contributed by atoms with Crippen molar-refractivity contribution in [3.05, 3.63) is 47.5 Å². The van der Waals surface area contributed by atoms with Crippen molar-refractivity contribution in [1.29, 1.82) is 0 Å². The van der Waals surface area contributed by atoms with E-state index in [1.807, 2.05) is 0 Å². The number of halogens is 1. The van der Waals surface area contributed by atoms with E-state index in [1.165, 1.54) is 10.7 Å². The van der Waals surface area contributed by atoms with Crippen LogP contribution in [-0.4, -0.2) is 32.1 Å². The van der Waals surface area contributed by atoms with E-state index in [-0.39, 0.29) is 18.8 Å². The van der Waals surface area contributed by atoms with Crippen LogP contribution in [0.2, 0.25) is 0 Å². The molecule has 19 heavy (non-hydrogen) atoms. The lowest BCUT2D eigenvalue weighted by molar-refractivity contribution is -0.138. The highest BCUT2D eigenvalue weighted by atomic mass is 19.1. The molecule has 2 aromatic rings. The van der Waals surface area contributed by atoms with Gasteiger partial charge in [-0.05, 0) is 6.07 Å². The van der Waals surface area contributed by atoms with Gasteiger partial charge in [0.25, 0.3) is 0 Å². The first-order chi connectivity index (χ1) is 9.06. The normalized spacial score (nSPS) is 12.3. The van der Waals surface area contributed by atoms with Crippen LogP contribution in [0.1, 0.15) is 11.3 Å². The van der Waals surface area contributed by atoms with E-state index < -0.39 is 12.0 Å². The Morgan fingerprint density at radius 3 is 2.89 bits per heavy atom. The van der Waals surface area contributed by atoms with Crippen LogP contribution in [-0.2, 0) is 17.8 Å². The topological polar surface area (TPSA) is 94.0 Å². The van der Waals surface area contributed by atoms with E-state index in [1.54, 1.807) is 24.4 Å². The minimum absolute atomic E-state index is 0.0899. The molecule has 0 saturated heterocycles. The number of aromatic nitrogens is 3. The highest BCUT2D eigenvalue weighted by molar-refractivity contribution is 5.73. The third-order valence-electron chi connectivity index (χ3n) is 2.62. The Labute approximate surface area is 108 Å². The summed E-state index contributed by atoms with van der Waals surface area (Å²) in [5.41, 5.74) is 6.35. The Balaban J connectivity index is 2.06. The summed E-state index contributed by atoms with van der Waals surface area (Å²) in [6.45, 7) is 0.238. The highest BCUT2D eigenvalue weighted by Gasteiger charge is 2.14. The lowest BCUT2D eigenvalue weighted by atomic mass is 10.2. The molecule has 1 aromatic heterocycles. The first-order valence-electron chi connectivity index (χ1n) is 5.67. The van der Waals surface area contributed by atoms with Gasteiger partial charge in [0.05, 0.1) is 12.2 Å². The van der Waals surface area contributed by atoms with Gasteiger partial charge in [-0.15, -0.1) is 5.10 Å². The summed E-state index contributed by atoms with van der Waals surface area (Å²) >= 11 is 0. The van der Waals surface area contributed by atoms with Crippen molar-refractivity contribution in [1.82, 2.24) is 15.0 Å². The molecule has 1 aromatic carbocycles. The minimum Gasteiger partial charge on any atom is -0.480 e. The zero-order valence-electron chi connectivity index (χ0n) is 10.0. The molecule has 0 aliphatic heterocycles. The fourth-order valence-corrected chi connectivity index (χ4v) is 1.62. The monoisotopic (exact) mass is 264 g/mol. The Morgan fingerprint density at radius 2 is 2.21 bits per heavy atom. The molecule has 7 heteroatoms. The summed E-state index contributed by atoms with van der Waals surface area (Å²) in [6.07, 6.45) is 1.65. The number of hydrogen-bond donors (Lipinski definition) is 2. The Morgan fingerprint density at radius 1 is 1.47 bits per heavy atom. The van der Waals surface area contributed by atoms with Crippen molar-refractivity contribution in [3.8, 4) is 0 Å². The molecular weight excluding hydrogens is 251 g/mol. The van der Waals surface area contributed by atoms with Crippen molar-refractivity contribution < 1.29 is 14.3 Å². The molecule has 2 rings (SSSR count). The molecule has 1 atom stereocenters. The van der Waals surface area contributed by atoms with Crippen LogP contribution < -0.4 is 5.73 Å². The third kappa shape index (κ3) is 3.35. The first-order valence-corrected chi connectivity index (χ1v) is 5.67. The summed E-state index contributed by atoms with van der Waals surface area (Å²) in [4.78, 5) is 10.6. The van der Waals surface area contributed by atoms with E-state index in [2.05, 4.69) is 10.3 Å². The van der Waals surface area contributed by atoms with E-state index in [0.717, 1.165) is 0 Å².